The average molecular weight is 318 g/mol. The molecule has 1 unspecified atom stereocenters. The number of halogens is 2. The highest BCUT2D eigenvalue weighted by atomic mass is 35.5. The van der Waals surface area contributed by atoms with Crippen molar-refractivity contribution in [2.75, 3.05) is 20.1 Å². The van der Waals surface area contributed by atoms with Crippen LogP contribution in [0.15, 0.2) is 18.2 Å². The predicted octanol–water partition coefficient (Wildman–Crippen LogP) is 2.73. The van der Waals surface area contributed by atoms with Gasteiger partial charge in [0.15, 0.2) is 0 Å². The minimum absolute atomic E-state index is 0. The van der Waals surface area contributed by atoms with E-state index in [1.165, 1.54) is 12.1 Å². The summed E-state index contributed by atoms with van der Waals surface area (Å²) in [5, 5.41) is 14.3. The minimum atomic E-state index is -0.447. The van der Waals surface area contributed by atoms with Crippen LogP contribution in [0.4, 0.5) is 10.1 Å². The Hall–Kier alpha value is -1.24. The molecule has 0 amide bonds. The third-order valence-corrected chi connectivity index (χ3v) is 3.83. The Morgan fingerprint density at radius 1 is 1.43 bits per heavy atom. The van der Waals surface area contributed by atoms with Crippen LogP contribution in [0.1, 0.15) is 24.8 Å². The maximum absolute atomic E-state index is 13.3. The van der Waals surface area contributed by atoms with E-state index in [-0.39, 0.29) is 18.1 Å². The van der Waals surface area contributed by atoms with Gasteiger partial charge in [-0.1, -0.05) is 0 Å². The minimum Gasteiger partial charge on any atom is -0.317 e. The Morgan fingerprint density at radius 2 is 2.19 bits per heavy atom. The smallest absolute Gasteiger partial charge is 0.274 e. The van der Waals surface area contributed by atoms with Gasteiger partial charge in [-0.2, -0.15) is 0 Å². The van der Waals surface area contributed by atoms with Crippen LogP contribution < -0.4 is 5.32 Å². The Labute approximate surface area is 130 Å². The average Bonchev–Trinajstić information content (AvgIpc) is 2.67. The zero-order valence-corrected chi connectivity index (χ0v) is 12.9. The highest BCUT2D eigenvalue weighted by Crippen LogP contribution is 2.23. The van der Waals surface area contributed by atoms with Gasteiger partial charge in [0.25, 0.3) is 5.69 Å². The molecule has 21 heavy (non-hydrogen) atoms. The van der Waals surface area contributed by atoms with Gasteiger partial charge in [-0.15, -0.1) is 12.4 Å². The first-order valence-electron chi connectivity index (χ1n) is 6.91. The van der Waals surface area contributed by atoms with Crippen LogP contribution in [0, 0.1) is 15.9 Å². The van der Waals surface area contributed by atoms with Gasteiger partial charge in [-0.3, -0.25) is 15.0 Å². The topological polar surface area (TPSA) is 58.4 Å². The van der Waals surface area contributed by atoms with Gasteiger partial charge >= 0.3 is 0 Å². The van der Waals surface area contributed by atoms with Crippen LogP contribution >= 0.6 is 12.4 Å². The van der Waals surface area contributed by atoms with Crippen LogP contribution in [0.5, 0.6) is 0 Å². The van der Waals surface area contributed by atoms with Crippen molar-refractivity contribution < 1.29 is 9.31 Å². The monoisotopic (exact) mass is 317 g/mol. The van der Waals surface area contributed by atoms with Crippen LogP contribution in [0.2, 0.25) is 0 Å². The van der Waals surface area contributed by atoms with E-state index in [1.54, 1.807) is 0 Å². The first-order chi connectivity index (χ1) is 9.58. The lowest BCUT2D eigenvalue weighted by Crippen LogP contribution is -2.32. The fourth-order valence-corrected chi connectivity index (χ4v) is 2.70. The third kappa shape index (κ3) is 4.91. The lowest BCUT2D eigenvalue weighted by atomic mass is 10.1. The van der Waals surface area contributed by atoms with E-state index in [9.17, 15) is 14.5 Å². The lowest BCUT2D eigenvalue weighted by molar-refractivity contribution is -0.385. The largest absolute Gasteiger partial charge is 0.317 e. The van der Waals surface area contributed by atoms with Crippen molar-refractivity contribution in [2.24, 2.45) is 0 Å². The summed E-state index contributed by atoms with van der Waals surface area (Å²) in [5.74, 6) is -0.429. The van der Waals surface area contributed by atoms with Crippen molar-refractivity contribution in [1.29, 1.82) is 0 Å². The molecule has 5 nitrogen and oxygen atoms in total. The van der Waals surface area contributed by atoms with Gasteiger partial charge in [0.05, 0.1) is 4.92 Å². The molecular weight excluding hydrogens is 297 g/mol. The highest BCUT2D eigenvalue weighted by Gasteiger charge is 2.21. The fraction of sp³-hybridized carbons (Fsp3) is 0.571. The molecule has 7 heteroatoms. The number of nitrogens with zero attached hydrogens (tertiary/aromatic N) is 2. The predicted molar refractivity (Wildman–Crippen MR) is 82.3 cm³/mol. The zero-order chi connectivity index (χ0) is 14.5. The maximum Gasteiger partial charge on any atom is 0.274 e. The van der Waals surface area contributed by atoms with Crippen LogP contribution in [0.3, 0.4) is 0 Å². The van der Waals surface area contributed by atoms with Gasteiger partial charge in [-0.05, 0) is 51.5 Å². The molecule has 0 bridgehead atoms. The number of hydrogen-bond acceptors (Lipinski definition) is 4. The Kier molecular flexibility index (Phi) is 7.01. The van der Waals surface area contributed by atoms with Crippen molar-refractivity contribution in [2.45, 2.75) is 31.8 Å². The van der Waals surface area contributed by atoms with Gasteiger partial charge < -0.3 is 5.32 Å². The summed E-state index contributed by atoms with van der Waals surface area (Å²) in [5.41, 5.74) is 0.430. The molecule has 1 atom stereocenters. The maximum atomic E-state index is 13.3. The van der Waals surface area contributed by atoms with Crippen LogP contribution in [0.25, 0.3) is 0 Å². The van der Waals surface area contributed by atoms with E-state index in [0.29, 0.717) is 18.2 Å². The van der Waals surface area contributed by atoms with E-state index in [0.717, 1.165) is 38.4 Å². The lowest BCUT2D eigenvalue weighted by Gasteiger charge is -2.26. The van der Waals surface area contributed by atoms with E-state index in [2.05, 4.69) is 10.2 Å². The third-order valence-electron chi connectivity index (χ3n) is 3.83. The van der Waals surface area contributed by atoms with Crippen molar-refractivity contribution in [3.8, 4) is 0 Å². The summed E-state index contributed by atoms with van der Waals surface area (Å²) in [6.07, 6.45) is 3.17. The molecule has 1 aliphatic heterocycles. The highest BCUT2D eigenvalue weighted by molar-refractivity contribution is 5.85. The molecule has 1 fully saturated rings. The SMILES string of the molecule is CN(Cc1cc(F)ccc1[N+](=O)[O-])C1CCCNCC1.Cl. The van der Waals surface area contributed by atoms with Gasteiger partial charge in [0, 0.05) is 24.2 Å². The van der Waals surface area contributed by atoms with E-state index < -0.39 is 10.7 Å². The summed E-state index contributed by atoms with van der Waals surface area (Å²) < 4.78 is 13.3. The number of benzene rings is 1. The zero-order valence-electron chi connectivity index (χ0n) is 12.0. The molecule has 0 aliphatic carbocycles. The molecule has 1 saturated heterocycles. The Balaban J connectivity index is 0.00000220. The number of hydrogen-bond donors (Lipinski definition) is 1. The summed E-state index contributed by atoms with van der Waals surface area (Å²) in [6.45, 7) is 2.38. The molecule has 1 N–H and O–H groups in total. The second kappa shape index (κ2) is 8.26. The van der Waals surface area contributed by atoms with Crippen LogP contribution in [-0.4, -0.2) is 36.0 Å². The van der Waals surface area contributed by atoms with Gasteiger partial charge in [0.2, 0.25) is 0 Å². The fourth-order valence-electron chi connectivity index (χ4n) is 2.70. The van der Waals surface area contributed by atoms with Crippen molar-refractivity contribution in [3.63, 3.8) is 0 Å². The van der Waals surface area contributed by atoms with Crippen molar-refractivity contribution in [3.05, 3.63) is 39.7 Å². The molecule has 1 heterocycles. The van der Waals surface area contributed by atoms with Gasteiger partial charge in [-0.25, -0.2) is 4.39 Å². The normalized spacial score (nSPS) is 18.9. The summed E-state index contributed by atoms with van der Waals surface area (Å²) in [4.78, 5) is 12.6. The molecule has 0 aromatic heterocycles. The molecule has 0 spiro atoms. The van der Waals surface area contributed by atoms with E-state index >= 15 is 0 Å². The summed E-state index contributed by atoms with van der Waals surface area (Å²) in [7, 11) is 1.95. The summed E-state index contributed by atoms with van der Waals surface area (Å²) in [6, 6.07) is 4.03. The standard InChI is InChI=1S/C14H20FN3O2.ClH/c1-17(13-3-2-7-16-8-6-13)10-11-9-12(15)4-5-14(11)18(19)20;/h4-5,9,13,16H,2-3,6-8,10H2,1H3;1H. The van der Waals surface area contributed by atoms with Crippen molar-refractivity contribution in [1.82, 2.24) is 10.2 Å². The Bertz CT molecular complexity index is 479. The number of nitro groups is 1. The second-order valence-corrected chi connectivity index (χ2v) is 5.28. The molecule has 1 aliphatic rings. The summed E-state index contributed by atoms with van der Waals surface area (Å²) >= 11 is 0. The first kappa shape index (κ1) is 17.8. The first-order valence-corrected chi connectivity index (χ1v) is 6.91. The Morgan fingerprint density at radius 3 is 2.90 bits per heavy atom. The number of nitro benzene ring substituents is 1. The van der Waals surface area contributed by atoms with E-state index in [4.69, 9.17) is 0 Å². The molecule has 1 aromatic carbocycles. The molecule has 0 saturated carbocycles. The van der Waals surface area contributed by atoms with Crippen LogP contribution in [-0.2, 0) is 6.54 Å². The molecule has 2 rings (SSSR count). The number of rotatable bonds is 4. The van der Waals surface area contributed by atoms with E-state index in [1.807, 2.05) is 7.05 Å². The molecule has 118 valence electrons. The second-order valence-electron chi connectivity index (χ2n) is 5.28. The van der Waals surface area contributed by atoms with Crippen molar-refractivity contribution >= 4 is 18.1 Å². The number of nitrogens with one attached hydrogen (secondary N) is 1. The molecule has 0 radical (unpaired) electrons. The molecule has 1 aromatic rings. The van der Waals surface area contributed by atoms with Gasteiger partial charge in [0.1, 0.15) is 5.82 Å². The quantitative estimate of drug-likeness (QED) is 0.685. The molecular formula is C14H21ClFN3O2.